The molecule has 2 amide bonds. The minimum absolute atomic E-state index is 0.0234. The third-order valence-corrected chi connectivity index (χ3v) is 22.6. The number of hydrogen-bond acceptors (Lipinski definition) is 32. The predicted octanol–water partition coefficient (Wildman–Crippen LogP) is 13.5. The zero-order valence-corrected chi connectivity index (χ0v) is 77.7. The first kappa shape index (κ1) is 103. The van der Waals surface area contributed by atoms with E-state index >= 15 is 0 Å². The fraction of sp³-hybridized carbons (Fsp3) is 0.268. The number of amidine groups is 1. The number of Topliss-reactive ketones (excluding diaryl/α,β-unsaturated/α-hetero) is 4. The van der Waals surface area contributed by atoms with Crippen molar-refractivity contribution in [1.29, 1.82) is 0 Å². The molecule has 38 nitrogen and oxygen atoms in total. The highest BCUT2D eigenvalue weighted by Crippen LogP contribution is 2.31. The Bertz CT molecular complexity index is 6820. The predicted molar refractivity (Wildman–Crippen MR) is 515 cm³/mol. The number of aryl methyl sites for hydroxylation is 2. The van der Waals surface area contributed by atoms with Crippen LogP contribution in [-0.4, -0.2) is 199 Å². The molecule has 12 aromatic rings. The second-order valence-corrected chi connectivity index (χ2v) is 33.2. The Morgan fingerprint density at radius 1 is 0.564 bits per heavy atom. The molecule has 0 saturated heterocycles. The number of aromatic amines is 2. The van der Waals surface area contributed by atoms with Gasteiger partial charge in [-0.25, -0.2) is 17.5 Å². The summed E-state index contributed by atoms with van der Waals surface area (Å²) in [5.41, 5.74) is 11.6. The number of rotatable bonds is 32. The van der Waals surface area contributed by atoms with Crippen LogP contribution in [0.15, 0.2) is 281 Å². The van der Waals surface area contributed by atoms with Gasteiger partial charge < -0.3 is 33.8 Å². The first-order chi connectivity index (χ1) is 67.4. The maximum atomic E-state index is 13.7. The van der Waals surface area contributed by atoms with Crippen LogP contribution in [-0.2, 0) is 58.6 Å². The third-order valence-electron chi connectivity index (χ3n) is 21.0. The van der Waals surface area contributed by atoms with Gasteiger partial charge in [0.1, 0.15) is 58.3 Å². The lowest BCUT2D eigenvalue weighted by Crippen LogP contribution is -2.39. The molecule has 6 N–H and O–H groups in total. The number of benzene rings is 2. The largest absolute Gasteiger partial charge is 0.496 e. The second-order valence-electron chi connectivity index (χ2n) is 31.5. The first-order valence-corrected chi connectivity index (χ1v) is 45.3. The van der Waals surface area contributed by atoms with Gasteiger partial charge in [-0.3, -0.25) is 79.0 Å². The molecule has 4 atom stereocenters. The number of H-pyrrole nitrogens is 2. The summed E-state index contributed by atoms with van der Waals surface area (Å²) in [6.07, 6.45) is 12.2. The molecule has 0 fully saturated rings. The topological polar surface area (TPSA) is 507 Å². The van der Waals surface area contributed by atoms with Crippen molar-refractivity contribution in [2.45, 2.75) is 147 Å². The van der Waals surface area contributed by atoms with E-state index in [2.05, 4.69) is 133 Å². The monoisotopic (exact) mass is 1930 g/mol. The van der Waals surface area contributed by atoms with E-state index in [0.717, 1.165) is 64.6 Å². The molecule has 2 aromatic carbocycles. The van der Waals surface area contributed by atoms with Crippen LogP contribution in [0, 0.1) is 12.7 Å². The molecule has 0 bridgehead atoms. The van der Waals surface area contributed by atoms with Gasteiger partial charge in [-0.05, 0) is 150 Å². The van der Waals surface area contributed by atoms with Crippen molar-refractivity contribution in [2.75, 3.05) is 31.0 Å². The fourth-order valence-corrected chi connectivity index (χ4v) is 14.9. The van der Waals surface area contributed by atoms with Gasteiger partial charge in [0.2, 0.25) is 27.8 Å². The van der Waals surface area contributed by atoms with Crippen LogP contribution in [0.25, 0.3) is 23.0 Å². The van der Waals surface area contributed by atoms with Gasteiger partial charge >= 0.3 is 6.18 Å². The molecule has 43 heteroatoms. The lowest BCUT2D eigenvalue weighted by molar-refractivity contribution is -0.185. The lowest BCUT2D eigenvalue weighted by atomic mass is 9.94. The fourth-order valence-electron chi connectivity index (χ4n) is 13.6. The standard InChI is InChI=1S/C18H17FN4O3S.C18H16N4O3.C16H15N5O2.C16H19N3O2.C15H16N6O.C14H14F3N3O2/c1-12(23-27(25,26)18-8-3-2-6-14(18)19)17(24)11-13-10-16(22-21-13)15-7-4-5-9-20-15;1-10-16-13(23)6-4-7-14(16)25-17(10)18(24)20-15-9-12(21-22-15)11-5-2-3-8-19-11;1-23-13-8-3-2-6-11(13)10-14(22)18-16-19-15(20-21-16)12-7-4-5-9-17-12;1-3-4-9-21-12(2)16(20)11-13-10-15(19-18-13)14-7-5-6-8-17-14;1-10(11-6-8-21(2)13(22)9-11)17-15-18-14(19-20-15)12-5-3-4-7-16-12;1-9(22-8-14(15,16)17)13(21)7-10-6-12(20-19-10)11-4-2-3-5-18-11/h2-9,12,23H,10-11H2,1H3;2-3,5,8H,4,6-7,9H2,1H3,(H,20,22,24);2-9H,10H2,1H3,(H2,18,19,20,21,22);3,5-8,12H,1,4,9-11H2,2H3;3-10H,1-2H3,(H2,17,18,19,20);2-5,9H,6-8H2,1H3/t12-;;;;;/m0...../s1. The van der Waals surface area contributed by atoms with Crippen LogP contribution in [0.4, 0.5) is 29.5 Å². The summed E-state index contributed by atoms with van der Waals surface area (Å²) in [7, 11) is -0.852. The molecular weight excluding hydrogens is 1830 g/mol. The number of alkyl halides is 3. The highest BCUT2D eigenvalue weighted by molar-refractivity contribution is 7.89. The number of furan rings is 1. The number of amides is 2. The number of anilines is 2. The number of para-hydroxylation sites is 1. The molecule has 14 heterocycles. The average Bonchev–Trinajstić information content (AvgIpc) is 1.63. The van der Waals surface area contributed by atoms with E-state index in [0.29, 0.717) is 137 Å². The molecule has 3 unspecified atom stereocenters. The Balaban J connectivity index is 0.000000151. The number of carbonyl (C=O) groups is 6. The van der Waals surface area contributed by atoms with E-state index in [4.69, 9.17) is 13.9 Å². The normalized spacial score (nSPS) is 14.3. The first-order valence-electron chi connectivity index (χ1n) is 43.9. The van der Waals surface area contributed by atoms with E-state index < -0.39 is 63.5 Å². The summed E-state index contributed by atoms with van der Waals surface area (Å²) in [6, 6.07) is 47.7. The summed E-state index contributed by atoms with van der Waals surface area (Å²) in [5, 5.41) is 54.4. The molecule has 140 heavy (non-hydrogen) atoms. The minimum atomic E-state index is -4.45. The van der Waals surface area contributed by atoms with Crippen LogP contribution in [0.5, 0.6) is 5.75 Å². The number of nitrogens with one attached hydrogen (secondary N) is 6. The Morgan fingerprint density at radius 2 is 1.04 bits per heavy atom. The number of sulfonamides is 1. The number of nitrogens with zero attached hydrogens (tertiary/aromatic N) is 19. The number of carbonyl (C=O) groups excluding carboxylic acids is 6. The van der Waals surface area contributed by atoms with E-state index in [-0.39, 0.29) is 72.2 Å². The van der Waals surface area contributed by atoms with E-state index in [1.54, 1.807) is 120 Å². The number of methoxy groups -OCH3 is 1. The molecule has 0 saturated carbocycles. The number of ketones is 4. The maximum Gasteiger partial charge on any atom is 0.411 e. The number of pyridine rings is 7. The number of fused-ring (bicyclic) bond motifs is 1. The van der Waals surface area contributed by atoms with Gasteiger partial charge in [-0.15, -0.1) is 21.9 Å². The number of hydrogen-bond donors (Lipinski definition) is 6. The zero-order chi connectivity index (χ0) is 99.7. The van der Waals surface area contributed by atoms with Gasteiger partial charge in [0, 0.05) is 119 Å². The summed E-state index contributed by atoms with van der Waals surface area (Å²) in [4.78, 5) is 118. The molecule has 0 spiro atoms. The van der Waals surface area contributed by atoms with Crippen LogP contribution in [0.3, 0.4) is 0 Å². The van der Waals surface area contributed by atoms with Crippen molar-refractivity contribution in [1.82, 2.24) is 74.9 Å². The highest BCUT2D eigenvalue weighted by atomic mass is 32.2. The Kier molecular flexibility index (Phi) is 36.7. The molecule has 0 radical (unpaired) electrons. The van der Waals surface area contributed by atoms with Crippen molar-refractivity contribution in [3.8, 4) is 28.8 Å². The highest BCUT2D eigenvalue weighted by Gasteiger charge is 2.34. The molecule has 722 valence electrons. The third kappa shape index (κ3) is 30.1. The van der Waals surface area contributed by atoms with E-state index in [1.165, 1.54) is 30.5 Å². The Hall–Kier alpha value is -16.3. The molecular formula is C97H97F4N25O13S. The van der Waals surface area contributed by atoms with Crippen molar-refractivity contribution in [3.05, 3.63) is 299 Å². The summed E-state index contributed by atoms with van der Waals surface area (Å²) >= 11 is 0. The van der Waals surface area contributed by atoms with Crippen molar-refractivity contribution < 1.29 is 73.4 Å². The van der Waals surface area contributed by atoms with Gasteiger partial charge in [0.15, 0.2) is 40.5 Å². The van der Waals surface area contributed by atoms with Crippen LogP contribution in [0.2, 0.25) is 0 Å². The van der Waals surface area contributed by atoms with Crippen molar-refractivity contribution in [3.63, 3.8) is 0 Å². The minimum Gasteiger partial charge on any atom is -0.496 e. The van der Waals surface area contributed by atoms with Gasteiger partial charge in [-0.2, -0.15) is 58.8 Å². The molecule has 17 rings (SSSR count). The lowest BCUT2D eigenvalue weighted by Gasteiger charge is -2.13. The second kappa shape index (κ2) is 50.0. The summed E-state index contributed by atoms with van der Waals surface area (Å²) < 4.78 is 99.0. The van der Waals surface area contributed by atoms with Crippen LogP contribution >= 0.6 is 0 Å². The molecule has 10 aromatic heterocycles. The summed E-state index contributed by atoms with van der Waals surface area (Å²) in [5.74, 6) is 1.39. The Labute approximate surface area is 800 Å². The number of aromatic nitrogens is 13. The van der Waals surface area contributed by atoms with Crippen LogP contribution in [0.1, 0.15) is 164 Å². The van der Waals surface area contributed by atoms with E-state index in [1.807, 2.05) is 110 Å². The van der Waals surface area contributed by atoms with Crippen LogP contribution < -0.4 is 31.0 Å². The molecule has 5 aliphatic rings. The maximum absolute atomic E-state index is 13.7. The number of ether oxygens (including phenoxy) is 3. The smallest absolute Gasteiger partial charge is 0.411 e. The van der Waals surface area contributed by atoms with Crippen molar-refractivity contribution >= 4 is 103 Å². The van der Waals surface area contributed by atoms with Crippen molar-refractivity contribution in [2.24, 2.45) is 47.9 Å². The zero-order valence-electron chi connectivity index (χ0n) is 76.9. The van der Waals surface area contributed by atoms with Gasteiger partial charge in [0.25, 0.3) is 11.5 Å². The van der Waals surface area contributed by atoms with Gasteiger partial charge in [0.05, 0.1) is 107 Å². The molecule has 4 aliphatic heterocycles. The Morgan fingerprint density at radius 3 is 1.53 bits per heavy atom. The van der Waals surface area contributed by atoms with E-state index in [9.17, 15) is 59.5 Å². The number of halogens is 4. The summed E-state index contributed by atoms with van der Waals surface area (Å²) in [6.45, 7) is 10.9. The van der Waals surface area contributed by atoms with Gasteiger partial charge in [-0.1, -0.05) is 72.8 Å². The molecule has 1 aliphatic carbocycles. The average molecular weight is 1930 g/mol. The quantitative estimate of drug-likeness (QED) is 0.0130. The SMILES string of the molecule is C=CCCOC(C)C(=O)CC1=NN=C(c2ccccn2)C1.CC(Nc1n[nH]c(-c2ccccn2)n1)c1ccn(C)c(=O)c1.CC(OCC(F)(F)F)C(=O)CC1=NN=C(c2ccccn2)C1.COc1ccccc1CC(=O)Nc1n[nH]c(-c2ccccn2)n1.C[C@H](NS(=O)(=O)c1ccccc1F)C(=O)CC1=NN=C(c2ccccn2)C1.Cc1c(C(=O)NC2=NN=C(c3ccccn3)C2)oc2c1C(=O)CCC2.